The van der Waals surface area contributed by atoms with Gasteiger partial charge in [-0.3, -0.25) is 0 Å². The largest absolute Gasteiger partial charge is 0.490 e. The van der Waals surface area contributed by atoms with E-state index < -0.39 is 5.97 Å². The minimum Gasteiger partial charge on any atom is -0.490 e. The standard InChI is InChI=1S/C10H18O6/c1-9(13-2)10(12)16-8-7-15-6-5-14-4-3-11/h11H,1,3-8H2,2H3. The molecule has 0 unspecified atom stereocenters. The maximum atomic E-state index is 11.0. The van der Waals surface area contributed by atoms with E-state index in [0.717, 1.165) is 0 Å². The van der Waals surface area contributed by atoms with Crippen LogP contribution < -0.4 is 0 Å². The molecule has 94 valence electrons. The highest BCUT2D eigenvalue weighted by Crippen LogP contribution is 1.94. The van der Waals surface area contributed by atoms with E-state index in [-0.39, 0.29) is 25.6 Å². The molecule has 0 aliphatic heterocycles. The highest BCUT2D eigenvalue weighted by molar-refractivity contribution is 5.85. The van der Waals surface area contributed by atoms with Gasteiger partial charge in [-0.1, -0.05) is 0 Å². The lowest BCUT2D eigenvalue weighted by atomic mass is 10.6. The molecule has 0 aromatic carbocycles. The van der Waals surface area contributed by atoms with Crippen LogP contribution in [0.4, 0.5) is 0 Å². The van der Waals surface area contributed by atoms with Crippen molar-refractivity contribution in [2.24, 2.45) is 0 Å². The van der Waals surface area contributed by atoms with Crippen molar-refractivity contribution in [2.45, 2.75) is 0 Å². The lowest BCUT2D eigenvalue weighted by Gasteiger charge is -2.07. The van der Waals surface area contributed by atoms with Gasteiger partial charge in [0.05, 0.1) is 40.1 Å². The zero-order valence-electron chi connectivity index (χ0n) is 9.44. The van der Waals surface area contributed by atoms with Crippen molar-refractivity contribution in [3.63, 3.8) is 0 Å². The molecule has 0 heterocycles. The van der Waals surface area contributed by atoms with Crippen LogP contribution in [0.5, 0.6) is 0 Å². The zero-order valence-corrected chi connectivity index (χ0v) is 9.44. The minimum atomic E-state index is -0.595. The quantitative estimate of drug-likeness (QED) is 0.242. The van der Waals surface area contributed by atoms with Gasteiger partial charge >= 0.3 is 5.97 Å². The number of hydrogen-bond donors (Lipinski definition) is 1. The molecule has 0 saturated carbocycles. The van der Waals surface area contributed by atoms with Crippen LogP contribution in [0.2, 0.25) is 0 Å². The molecular formula is C10H18O6. The predicted molar refractivity (Wildman–Crippen MR) is 55.8 cm³/mol. The molecule has 1 N–H and O–H groups in total. The van der Waals surface area contributed by atoms with Crippen LogP contribution in [0.3, 0.4) is 0 Å². The summed E-state index contributed by atoms with van der Waals surface area (Å²) in [5, 5.41) is 8.40. The summed E-state index contributed by atoms with van der Waals surface area (Å²) in [6.07, 6.45) is 0. The fourth-order valence-electron chi connectivity index (χ4n) is 0.744. The van der Waals surface area contributed by atoms with E-state index >= 15 is 0 Å². The highest BCUT2D eigenvalue weighted by Gasteiger charge is 2.07. The van der Waals surface area contributed by atoms with Gasteiger partial charge in [0.2, 0.25) is 0 Å². The third kappa shape index (κ3) is 8.22. The van der Waals surface area contributed by atoms with E-state index in [9.17, 15) is 4.79 Å². The Morgan fingerprint density at radius 2 is 1.69 bits per heavy atom. The van der Waals surface area contributed by atoms with Gasteiger partial charge in [0, 0.05) is 0 Å². The number of esters is 1. The topological polar surface area (TPSA) is 74.2 Å². The van der Waals surface area contributed by atoms with Crippen LogP contribution in [0.1, 0.15) is 0 Å². The van der Waals surface area contributed by atoms with Crippen LogP contribution in [-0.2, 0) is 23.7 Å². The summed E-state index contributed by atoms with van der Waals surface area (Å²) in [6.45, 7) is 4.85. The molecule has 0 atom stereocenters. The summed E-state index contributed by atoms with van der Waals surface area (Å²) < 4.78 is 19.4. The Morgan fingerprint density at radius 1 is 1.12 bits per heavy atom. The first-order valence-electron chi connectivity index (χ1n) is 4.88. The Hall–Kier alpha value is -1.11. The number of rotatable bonds is 10. The first-order chi connectivity index (χ1) is 7.72. The maximum absolute atomic E-state index is 11.0. The van der Waals surface area contributed by atoms with Gasteiger partial charge in [-0.15, -0.1) is 0 Å². The summed E-state index contributed by atoms with van der Waals surface area (Å²) in [5.74, 6) is -0.631. The summed E-state index contributed by atoms with van der Waals surface area (Å²) in [5.41, 5.74) is 0. The Labute approximate surface area is 94.7 Å². The molecule has 0 aliphatic carbocycles. The van der Waals surface area contributed by atoms with Crippen LogP contribution >= 0.6 is 0 Å². The Kier molecular flexibility index (Phi) is 9.69. The third-order valence-electron chi connectivity index (χ3n) is 1.54. The first kappa shape index (κ1) is 14.9. The Bertz CT molecular complexity index is 203. The molecule has 0 bridgehead atoms. The molecule has 0 fully saturated rings. The van der Waals surface area contributed by atoms with Crippen molar-refractivity contribution in [3.05, 3.63) is 12.3 Å². The van der Waals surface area contributed by atoms with Gasteiger partial charge in [-0.2, -0.15) is 0 Å². The van der Waals surface area contributed by atoms with Gasteiger partial charge in [0.15, 0.2) is 5.76 Å². The monoisotopic (exact) mass is 234 g/mol. The van der Waals surface area contributed by atoms with E-state index in [1.807, 2.05) is 0 Å². The lowest BCUT2D eigenvalue weighted by Crippen LogP contribution is -2.14. The molecule has 0 aromatic heterocycles. The van der Waals surface area contributed by atoms with Crippen molar-refractivity contribution in [1.82, 2.24) is 0 Å². The average Bonchev–Trinajstić information content (AvgIpc) is 2.31. The fraction of sp³-hybridized carbons (Fsp3) is 0.700. The van der Waals surface area contributed by atoms with Crippen LogP contribution in [-0.4, -0.2) is 57.8 Å². The smallest absolute Gasteiger partial charge is 0.373 e. The molecule has 6 nitrogen and oxygen atoms in total. The van der Waals surface area contributed by atoms with Crippen molar-refractivity contribution in [3.8, 4) is 0 Å². The van der Waals surface area contributed by atoms with Crippen LogP contribution in [0.25, 0.3) is 0 Å². The predicted octanol–water partition coefficient (Wildman–Crippen LogP) is -0.285. The second-order valence-electron chi connectivity index (χ2n) is 2.71. The van der Waals surface area contributed by atoms with E-state index in [1.54, 1.807) is 0 Å². The number of carbonyl (C=O) groups is 1. The second kappa shape index (κ2) is 10.4. The Balaban J connectivity index is 3.21. The maximum Gasteiger partial charge on any atom is 0.373 e. The second-order valence-corrected chi connectivity index (χ2v) is 2.71. The average molecular weight is 234 g/mol. The molecule has 0 saturated heterocycles. The summed E-state index contributed by atoms with van der Waals surface area (Å²) in [6, 6.07) is 0. The SMILES string of the molecule is C=C(OC)C(=O)OCCOCCOCCO. The normalized spacial score (nSPS) is 9.88. The van der Waals surface area contributed by atoms with Gasteiger partial charge in [-0.25, -0.2) is 4.79 Å². The molecule has 0 radical (unpaired) electrons. The number of carbonyl (C=O) groups excluding carboxylic acids is 1. The molecule has 0 aromatic rings. The number of aliphatic hydroxyl groups is 1. The van der Waals surface area contributed by atoms with Crippen molar-refractivity contribution < 1.29 is 28.8 Å². The zero-order chi connectivity index (χ0) is 12.2. The third-order valence-corrected chi connectivity index (χ3v) is 1.54. The molecule has 0 rings (SSSR count). The molecule has 0 amide bonds. The summed E-state index contributed by atoms with van der Waals surface area (Å²) in [4.78, 5) is 11.0. The highest BCUT2D eigenvalue weighted by atomic mass is 16.6. The fourth-order valence-corrected chi connectivity index (χ4v) is 0.744. The summed E-state index contributed by atoms with van der Waals surface area (Å²) in [7, 11) is 1.35. The van der Waals surface area contributed by atoms with Crippen LogP contribution in [0.15, 0.2) is 12.3 Å². The van der Waals surface area contributed by atoms with Gasteiger partial charge in [-0.05, 0) is 6.58 Å². The molecule has 0 aliphatic rings. The first-order valence-corrected chi connectivity index (χ1v) is 4.88. The van der Waals surface area contributed by atoms with Gasteiger partial charge in [0.1, 0.15) is 6.61 Å². The Morgan fingerprint density at radius 3 is 2.25 bits per heavy atom. The molecule has 0 spiro atoms. The number of ether oxygens (including phenoxy) is 4. The molecule has 6 heteroatoms. The number of methoxy groups -OCH3 is 1. The van der Waals surface area contributed by atoms with E-state index in [0.29, 0.717) is 19.8 Å². The van der Waals surface area contributed by atoms with E-state index in [4.69, 9.17) is 19.3 Å². The van der Waals surface area contributed by atoms with Crippen molar-refractivity contribution in [2.75, 3.05) is 46.8 Å². The van der Waals surface area contributed by atoms with Gasteiger partial charge < -0.3 is 24.1 Å². The number of aliphatic hydroxyl groups excluding tert-OH is 1. The molecule has 16 heavy (non-hydrogen) atoms. The minimum absolute atomic E-state index is 0.00323. The van der Waals surface area contributed by atoms with Crippen LogP contribution in [0, 0.1) is 0 Å². The van der Waals surface area contributed by atoms with Crippen molar-refractivity contribution in [1.29, 1.82) is 0 Å². The lowest BCUT2D eigenvalue weighted by molar-refractivity contribution is -0.144. The van der Waals surface area contributed by atoms with E-state index in [1.165, 1.54) is 7.11 Å². The van der Waals surface area contributed by atoms with Crippen molar-refractivity contribution >= 4 is 5.97 Å². The number of hydrogen-bond acceptors (Lipinski definition) is 6. The van der Waals surface area contributed by atoms with E-state index in [2.05, 4.69) is 11.3 Å². The summed E-state index contributed by atoms with van der Waals surface area (Å²) >= 11 is 0. The molecular weight excluding hydrogens is 216 g/mol. The van der Waals surface area contributed by atoms with Gasteiger partial charge in [0.25, 0.3) is 0 Å².